The number of anilines is 1. The molecule has 1 heterocycles. The Morgan fingerprint density at radius 1 is 1.24 bits per heavy atom. The highest BCUT2D eigenvalue weighted by Crippen LogP contribution is 2.17. The molecule has 0 unspecified atom stereocenters. The number of rotatable bonds is 6. The van der Waals surface area contributed by atoms with Crippen molar-refractivity contribution in [1.82, 2.24) is 9.62 Å². The molecule has 1 aromatic carbocycles. The van der Waals surface area contributed by atoms with Crippen LogP contribution in [0.25, 0.3) is 0 Å². The maximum absolute atomic E-state index is 12.1. The van der Waals surface area contributed by atoms with E-state index >= 15 is 0 Å². The number of ether oxygens (including phenoxy) is 1. The van der Waals surface area contributed by atoms with Crippen LogP contribution in [0.2, 0.25) is 0 Å². The summed E-state index contributed by atoms with van der Waals surface area (Å²) >= 11 is 0. The number of hydrogen-bond acceptors (Lipinski definition) is 5. The molecule has 138 valence electrons. The molecule has 2 rings (SSSR count). The van der Waals surface area contributed by atoms with Crippen molar-refractivity contribution < 1.29 is 22.7 Å². The first-order chi connectivity index (χ1) is 11.8. The van der Waals surface area contributed by atoms with E-state index in [1.165, 1.54) is 17.5 Å². The molecule has 8 nitrogen and oxygen atoms in total. The summed E-state index contributed by atoms with van der Waals surface area (Å²) in [5.41, 5.74) is 1.55. The Labute approximate surface area is 147 Å². The van der Waals surface area contributed by atoms with Gasteiger partial charge in [0.05, 0.1) is 18.4 Å². The third kappa shape index (κ3) is 5.17. The van der Waals surface area contributed by atoms with Gasteiger partial charge in [-0.3, -0.25) is 0 Å². The monoisotopic (exact) mass is 369 g/mol. The fourth-order valence-electron chi connectivity index (χ4n) is 2.56. The number of urea groups is 1. The topological polar surface area (TPSA) is 105 Å². The van der Waals surface area contributed by atoms with E-state index in [0.29, 0.717) is 24.3 Å². The lowest BCUT2D eigenvalue weighted by atomic mass is 10.1. The Balaban J connectivity index is 1.89. The minimum absolute atomic E-state index is 0.0143. The third-order valence-electron chi connectivity index (χ3n) is 4.01. The molecule has 1 aliphatic rings. The summed E-state index contributed by atoms with van der Waals surface area (Å²) in [6.07, 6.45) is 1.76. The van der Waals surface area contributed by atoms with Crippen LogP contribution in [0.15, 0.2) is 18.2 Å². The van der Waals surface area contributed by atoms with Crippen LogP contribution in [0.5, 0.6) is 0 Å². The summed E-state index contributed by atoms with van der Waals surface area (Å²) in [5, 5.41) is 5.15. The molecule has 0 atom stereocenters. The van der Waals surface area contributed by atoms with Crippen LogP contribution in [0, 0.1) is 6.92 Å². The van der Waals surface area contributed by atoms with Crippen molar-refractivity contribution in [2.45, 2.75) is 19.8 Å². The lowest BCUT2D eigenvalue weighted by molar-refractivity contribution is 0.0600. The van der Waals surface area contributed by atoms with Crippen LogP contribution < -0.4 is 10.6 Å². The Morgan fingerprint density at radius 2 is 1.92 bits per heavy atom. The average molecular weight is 369 g/mol. The molecular weight excluding hydrogens is 346 g/mol. The second-order valence-corrected chi connectivity index (χ2v) is 7.91. The van der Waals surface area contributed by atoms with Gasteiger partial charge in [0.1, 0.15) is 0 Å². The second kappa shape index (κ2) is 8.30. The Hall–Kier alpha value is -2.13. The van der Waals surface area contributed by atoms with Gasteiger partial charge in [0.2, 0.25) is 10.0 Å². The number of carbonyl (C=O) groups is 2. The van der Waals surface area contributed by atoms with Gasteiger partial charge in [0.15, 0.2) is 0 Å². The maximum atomic E-state index is 12.1. The van der Waals surface area contributed by atoms with Crippen LogP contribution in [-0.4, -0.2) is 57.2 Å². The molecule has 25 heavy (non-hydrogen) atoms. The van der Waals surface area contributed by atoms with E-state index in [2.05, 4.69) is 15.4 Å². The standard InChI is InChI=1S/C16H23N3O5S/c1-12-5-6-13(15(20)24-2)11-14(12)18-16(21)17-7-10-25(22,23)19-8-3-4-9-19/h5-6,11H,3-4,7-10H2,1-2H3,(H2,17,18,21). The van der Waals surface area contributed by atoms with Crippen LogP contribution in [-0.2, 0) is 14.8 Å². The molecule has 0 radical (unpaired) electrons. The minimum Gasteiger partial charge on any atom is -0.465 e. The molecule has 0 spiro atoms. The van der Waals surface area contributed by atoms with Gasteiger partial charge in [0, 0.05) is 25.3 Å². The number of sulfonamides is 1. The van der Waals surface area contributed by atoms with Gasteiger partial charge in [-0.25, -0.2) is 22.3 Å². The van der Waals surface area contributed by atoms with E-state index in [9.17, 15) is 18.0 Å². The van der Waals surface area contributed by atoms with Gasteiger partial charge in [-0.1, -0.05) is 6.07 Å². The van der Waals surface area contributed by atoms with Crippen molar-refractivity contribution in [2.75, 3.05) is 37.8 Å². The summed E-state index contributed by atoms with van der Waals surface area (Å²) in [6.45, 7) is 2.90. The number of carbonyl (C=O) groups excluding carboxylic acids is 2. The summed E-state index contributed by atoms with van der Waals surface area (Å²) in [5.74, 6) is -0.637. The molecule has 0 aliphatic carbocycles. The molecule has 1 aliphatic heterocycles. The number of nitrogens with zero attached hydrogens (tertiary/aromatic N) is 1. The normalized spacial score (nSPS) is 15.0. The molecule has 1 fully saturated rings. The minimum atomic E-state index is -3.33. The number of benzene rings is 1. The van der Waals surface area contributed by atoms with E-state index in [0.717, 1.165) is 18.4 Å². The predicted octanol–water partition coefficient (Wildman–Crippen LogP) is 1.33. The molecular formula is C16H23N3O5S. The number of aryl methyl sites for hydroxylation is 1. The SMILES string of the molecule is COC(=O)c1ccc(C)c(NC(=O)NCCS(=O)(=O)N2CCCC2)c1. The van der Waals surface area contributed by atoms with E-state index in [1.807, 2.05) is 0 Å². The molecule has 0 bridgehead atoms. The van der Waals surface area contributed by atoms with Crippen LogP contribution >= 0.6 is 0 Å². The first-order valence-electron chi connectivity index (χ1n) is 8.05. The first kappa shape index (κ1) is 19.2. The van der Waals surface area contributed by atoms with Gasteiger partial charge in [-0.05, 0) is 37.5 Å². The van der Waals surface area contributed by atoms with Crippen LogP contribution in [0.3, 0.4) is 0 Å². The van der Waals surface area contributed by atoms with Gasteiger partial charge >= 0.3 is 12.0 Å². The fourth-order valence-corrected chi connectivity index (χ4v) is 3.99. The van der Waals surface area contributed by atoms with E-state index in [1.54, 1.807) is 19.1 Å². The zero-order valence-corrected chi connectivity index (χ0v) is 15.2. The summed E-state index contributed by atoms with van der Waals surface area (Å²) in [7, 11) is -2.05. The van der Waals surface area contributed by atoms with Crippen molar-refractivity contribution in [2.24, 2.45) is 0 Å². The van der Waals surface area contributed by atoms with Gasteiger partial charge < -0.3 is 15.4 Å². The highest BCUT2D eigenvalue weighted by atomic mass is 32.2. The van der Waals surface area contributed by atoms with Crippen molar-refractivity contribution in [1.29, 1.82) is 0 Å². The summed E-state index contributed by atoms with van der Waals surface area (Å²) in [6, 6.07) is 4.29. The number of methoxy groups -OCH3 is 1. The van der Waals surface area contributed by atoms with E-state index in [4.69, 9.17) is 0 Å². The molecule has 0 aromatic heterocycles. The summed E-state index contributed by atoms with van der Waals surface area (Å²) in [4.78, 5) is 23.5. The van der Waals surface area contributed by atoms with Crippen molar-refractivity contribution in [3.63, 3.8) is 0 Å². The van der Waals surface area contributed by atoms with Gasteiger partial charge in [-0.2, -0.15) is 0 Å². The largest absolute Gasteiger partial charge is 0.465 e. The Kier molecular flexibility index (Phi) is 6.38. The lowest BCUT2D eigenvalue weighted by Crippen LogP contribution is -2.37. The number of nitrogens with one attached hydrogen (secondary N) is 2. The number of amides is 2. The maximum Gasteiger partial charge on any atom is 0.337 e. The Bertz CT molecular complexity index is 742. The fraction of sp³-hybridized carbons (Fsp3) is 0.500. The Morgan fingerprint density at radius 3 is 2.56 bits per heavy atom. The third-order valence-corrected chi connectivity index (χ3v) is 5.88. The second-order valence-electron chi connectivity index (χ2n) is 5.82. The number of esters is 1. The zero-order valence-electron chi connectivity index (χ0n) is 14.4. The average Bonchev–Trinajstić information content (AvgIpc) is 3.11. The highest BCUT2D eigenvalue weighted by molar-refractivity contribution is 7.89. The van der Waals surface area contributed by atoms with Crippen molar-refractivity contribution >= 4 is 27.7 Å². The van der Waals surface area contributed by atoms with Gasteiger partial charge in [-0.15, -0.1) is 0 Å². The van der Waals surface area contributed by atoms with Crippen molar-refractivity contribution in [3.8, 4) is 0 Å². The smallest absolute Gasteiger partial charge is 0.337 e. The quantitative estimate of drug-likeness (QED) is 0.736. The van der Waals surface area contributed by atoms with E-state index in [-0.39, 0.29) is 12.3 Å². The molecule has 1 saturated heterocycles. The van der Waals surface area contributed by atoms with Crippen molar-refractivity contribution in [3.05, 3.63) is 29.3 Å². The van der Waals surface area contributed by atoms with Crippen LogP contribution in [0.1, 0.15) is 28.8 Å². The molecule has 2 N–H and O–H groups in total. The van der Waals surface area contributed by atoms with Crippen LogP contribution in [0.4, 0.5) is 10.5 Å². The molecule has 0 saturated carbocycles. The summed E-state index contributed by atoms with van der Waals surface area (Å²) < 4.78 is 30.3. The first-order valence-corrected chi connectivity index (χ1v) is 9.66. The highest BCUT2D eigenvalue weighted by Gasteiger charge is 2.24. The number of hydrogen-bond donors (Lipinski definition) is 2. The zero-order chi connectivity index (χ0) is 18.4. The lowest BCUT2D eigenvalue weighted by Gasteiger charge is -2.16. The molecule has 1 aromatic rings. The van der Waals surface area contributed by atoms with Gasteiger partial charge in [0.25, 0.3) is 0 Å². The predicted molar refractivity (Wildman–Crippen MR) is 94.1 cm³/mol. The van der Waals surface area contributed by atoms with E-state index < -0.39 is 22.0 Å². The molecule has 9 heteroatoms. The molecule has 2 amide bonds.